The van der Waals surface area contributed by atoms with Crippen molar-refractivity contribution in [2.45, 2.75) is 26.1 Å². The van der Waals surface area contributed by atoms with E-state index in [0.717, 1.165) is 6.29 Å². The van der Waals surface area contributed by atoms with Gasteiger partial charge in [-0.1, -0.05) is 0 Å². The molecule has 2 N–H and O–H groups in total. The summed E-state index contributed by atoms with van der Waals surface area (Å²) in [5, 5.41) is 0. The Morgan fingerprint density at radius 3 is 2.58 bits per heavy atom. The molecule has 0 saturated heterocycles. The second-order valence-electron chi connectivity index (χ2n) is 3.26. The first-order valence-corrected chi connectivity index (χ1v) is 4.00. The molecule has 0 spiro atoms. The molecule has 0 aliphatic carbocycles. The molecule has 1 unspecified atom stereocenters. The lowest BCUT2D eigenvalue weighted by Crippen LogP contribution is -2.42. The number of rotatable bonds is 2. The SMILES string of the molecule is CC(C)N1C=C(N)N(C)C1C=O. The zero-order valence-corrected chi connectivity index (χ0v) is 7.69. The average Bonchev–Trinajstić information content (AvgIpc) is 2.29. The van der Waals surface area contributed by atoms with E-state index >= 15 is 0 Å². The number of aldehydes is 1. The number of nitrogens with two attached hydrogens (primary N) is 1. The molecule has 68 valence electrons. The van der Waals surface area contributed by atoms with E-state index in [1.807, 2.05) is 32.0 Å². The van der Waals surface area contributed by atoms with Gasteiger partial charge >= 0.3 is 0 Å². The van der Waals surface area contributed by atoms with Gasteiger partial charge in [0.1, 0.15) is 5.82 Å². The van der Waals surface area contributed by atoms with E-state index in [1.54, 1.807) is 4.90 Å². The average molecular weight is 169 g/mol. The van der Waals surface area contributed by atoms with Crippen molar-refractivity contribution < 1.29 is 4.79 Å². The third-order valence-corrected chi connectivity index (χ3v) is 2.11. The van der Waals surface area contributed by atoms with Gasteiger partial charge in [-0.05, 0) is 13.8 Å². The number of nitrogens with zero attached hydrogens (tertiary/aromatic N) is 2. The maximum absolute atomic E-state index is 10.7. The molecule has 1 heterocycles. The van der Waals surface area contributed by atoms with Crippen LogP contribution in [0.1, 0.15) is 13.8 Å². The molecular formula is C8H15N3O. The molecule has 1 rings (SSSR count). The zero-order valence-electron chi connectivity index (χ0n) is 7.69. The Hall–Kier alpha value is -1.19. The smallest absolute Gasteiger partial charge is 0.163 e. The van der Waals surface area contributed by atoms with Crippen LogP contribution in [0.25, 0.3) is 0 Å². The third kappa shape index (κ3) is 1.24. The highest BCUT2D eigenvalue weighted by atomic mass is 16.1. The van der Waals surface area contributed by atoms with Gasteiger partial charge in [-0.2, -0.15) is 0 Å². The minimum absolute atomic E-state index is 0.231. The van der Waals surface area contributed by atoms with Gasteiger partial charge in [0.2, 0.25) is 0 Å². The van der Waals surface area contributed by atoms with Crippen molar-refractivity contribution in [3.63, 3.8) is 0 Å². The van der Waals surface area contributed by atoms with Crippen LogP contribution in [0.4, 0.5) is 0 Å². The molecule has 0 fully saturated rings. The summed E-state index contributed by atoms with van der Waals surface area (Å²) < 4.78 is 0. The quantitative estimate of drug-likeness (QED) is 0.588. The fourth-order valence-electron chi connectivity index (χ4n) is 1.29. The molecule has 4 nitrogen and oxygen atoms in total. The summed E-state index contributed by atoms with van der Waals surface area (Å²) in [6.07, 6.45) is 2.48. The van der Waals surface area contributed by atoms with Crippen LogP contribution in [0.3, 0.4) is 0 Å². The van der Waals surface area contributed by atoms with Crippen molar-refractivity contribution in [1.29, 1.82) is 0 Å². The molecule has 0 aromatic rings. The molecule has 12 heavy (non-hydrogen) atoms. The van der Waals surface area contributed by atoms with E-state index in [1.165, 1.54) is 0 Å². The van der Waals surface area contributed by atoms with Crippen LogP contribution >= 0.6 is 0 Å². The third-order valence-electron chi connectivity index (χ3n) is 2.11. The Bertz CT molecular complexity index is 212. The van der Waals surface area contributed by atoms with Gasteiger partial charge in [0.15, 0.2) is 12.5 Å². The lowest BCUT2D eigenvalue weighted by Gasteiger charge is -2.28. The fraction of sp³-hybridized carbons (Fsp3) is 0.625. The zero-order chi connectivity index (χ0) is 9.30. The molecule has 0 radical (unpaired) electrons. The predicted octanol–water partition coefficient (Wildman–Crippen LogP) is -0.0752. The molecule has 1 aliphatic heterocycles. The van der Waals surface area contributed by atoms with Crippen molar-refractivity contribution in [3.05, 3.63) is 12.0 Å². The minimum atomic E-state index is -0.231. The summed E-state index contributed by atoms with van der Waals surface area (Å²) in [6.45, 7) is 4.05. The Labute approximate surface area is 72.6 Å². The number of carbonyl (C=O) groups excluding carboxylic acids is 1. The number of likely N-dealkylation sites (N-methyl/N-ethyl adjacent to an activating group) is 1. The van der Waals surface area contributed by atoms with Crippen LogP contribution in [-0.4, -0.2) is 35.3 Å². The Balaban J connectivity index is 2.82. The van der Waals surface area contributed by atoms with Crippen molar-refractivity contribution >= 4 is 6.29 Å². The molecule has 1 aliphatic rings. The predicted molar refractivity (Wildman–Crippen MR) is 46.9 cm³/mol. The van der Waals surface area contributed by atoms with Crippen LogP contribution in [0, 0.1) is 0 Å². The summed E-state index contributed by atoms with van der Waals surface area (Å²) in [6, 6.07) is 0.295. The fourth-order valence-corrected chi connectivity index (χ4v) is 1.29. The van der Waals surface area contributed by atoms with E-state index in [0.29, 0.717) is 11.9 Å². The molecule has 0 aromatic heterocycles. The highest BCUT2D eigenvalue weighted by Gasteiger charge is 2.28. The van der Waals surface area contributed by atoms with Crippen LogP contribution in [-0.2, 0) is 4.79 Å². The standard InChI is InChI=1S/C8H15N3O/c1-6(2)11-4-7(9)10(3)8(11)5-12/h4-6,8H,9H2,1-3H3. The van der Waals surface area contributed by atoms with Gasteiger partial charge < -0.3 is 15.5 Å². The summed E-state index contributed by atoms with van der Waals surface area (Å²) in [5.41, 5.74) is 5.66. The lowest BCUT2D eigenvalue weighted by atomic mass is 10.3. The van der Waals surface area contributed by atoms with E-state index in [-0.39, 0.29) is 6.17 Å². The molecule has 1 atom stereocenters. The molecule has 0 amide bonds. The van der Waals surface area contributed by atoms with E-state index in [9.17, 15) is 4.79 Å². The van der Waals surface area contributed by atoms with Crippen LogP contribution in [0.5, 0.6) is 0 Å². The van der Waals surface area contributed by atoms with Gasteiger partial charge in [-0.25, -0.2) is 0 Å². The van der Waals surface area contributed by atoms with Gasteiger partial charge in [-0.3, -0.25) is 4.79 Å². The maximum atomic E-state index is 10.7. The van der Waals surface area contributed by atoms with E-state index in [4.69, 9.17) is 5.73 Å². The molecule has 0 bridgehead atoms. The molecule has 0 aromatic carbocycles. The van der Waals surface area contributed by atoms with Crippen molar-refractivity contribution in [2.75, 3.05) is 7.05 Å². The van der Waals surface area contributed by atoms with Crippen molar-refractivity contribution in [2.24, 2.45) is 5.73 Å². The van der Waals surface area contributed by atoms with Gasteiger partial charge in [0, 0.05) is 19.3 Å². The highest BCUT2D eigenvalue weighted by Crippen LogP contribution is 2.18. The molecular weight excluding hydrogens is 154 g/mol. The Morgan fingerprint density at radius 1 is 1.67 bits per heavy atom. The number of hydrogen-bond donors (Lipinski definition) is 1. The van der Waals surface area contributed by atoms with Gasteiger partial charge in [-0.15, -0.1) is 0 Å². The van der Waals surface area contributed by atoms with Crippen LogP contribution in [0.2, 0.25) is 0 Å². The first-order chi connectivity index (χ1) is 5.57. The summed E-state index contributed by atoms with van der Waals surface area (Å²) in [7, 11) is 1.81. The van der Waals surface area contributed by atoms with Crippen LogP contribution in [0.15, 0.2) is 12.0 Å². The van der Waals surface area contributed by atoms with Gasteiger partial charge in [0.25, 0.3) is 0 Å². The van der Waals surface area contributed by atoms with Crippen molar-refractivity contribution in [1.82, 2.24) is 9.80 Å². The first kappa shape index (κ1) is 8.90. The summed E-state index contributed by atoms with van der Waals surface area (Å²) in [5.74, 6) is 0.640. The highest BCUT2D eigenvalue weighted by molar-refractivity contribution is 5.59. The topological polar surface area (TPSA) is 49.6 Å². The Morgan fingerprint density at radius 2 is 2.25 bits per heavy atom. The normalized spacial score (nSPS) is 23.3. The molecule has 4 heteroatoms. The van der Waals surface area contributed by atoms with E-state index < -0.39 is 0 Å². The molecule has 0 saturated carbocycles. The second kappa shape index (κ2) is 3.05. The van der Waals surface area contributed by atoms with Crippen LogP contribution < -0.4 is 5.73 Å². The Kier molecular flexibility index (Phi) is 2.26. The van der Waals surface area contributed by atoms with Gasteiger partial charge in [0.05, 0.1) is 0 Å². The number of hydrogen-bond acceptors (Lipinski definition) is 4. The summed E-state index contributed by atoms with van der Waals surface area (Å²) >= 11 is 0. The summed E-state index contributed by atoms with van der Waals surface area (Å²) in [4.78, 5) is 14.4. The first-order valence-electron chi connectivity index (χ1n) is 4.00. The maximum Gasteiger partial charge on any atom is 0.163 e. The monoisotopic (exact) mass is 169 g/mol. The van der Waals surface area contributed by atoms with Crippen molar-refractivity contribution in [3.8, 4) is 0 Å². The number of carbonyl (C=O) groups is 1. The van der Waals surface area contributed by atoms with E-state index in [2.05, 4.69) is 0 Å². The lowest BCUT2D eigenvalue weighted by molar-refractivity contribution is -0.115. The second-order valence-corrected chi connectivity index (χ2v) is 3.26. The largest absolute Gasteiger partial charge is 0.384 e. The minimum Gasteiger partial charge on any atom is -0.384 e.